The van der Waals surface area contributed by atoms with E-state index in [9.17, 15) is 0 Å². The Balaban J connectivity index is 2.43. The molecular formula is C10H13N5. The van der Waals surface area contributed by atoms with Gasteiger partial charge < -0.3 is 0 Å². The van der Waals surface area contributed by atoms with Crippen LogP contribution in [-0.2, 0) is 12.8 Å². The number of rotatable bonds is 3. The van der Waals surface area contributed by atoms with Crippen LogP contribution in [0.3, 0.4) is 0 Å². The zero-order chi connectivity index (χ0) is 10.7. The molecular weight excluding hydrogens is 190 g/mol. The van der Waals surface area contributed by atoms with Gasteiger partial charge in [0.25, 0.3) is 5.95 Å². The van der Waals surface area contributed by atoms with Crippen molar-refractivity contribution in [2.24, 2.45) is 0 Å². The number of imidazole rings is 1. The van der Waals surface area contributed by atoms with Crippen molar-refractivity contribution in [2.75, 3.05) is 0 Å². The molecule has 0 amide bonds. The molecule has 0 spiro atoms. The topological polar surface area (TPSA) is 56.5 Å². The van der Waals surface area contributed by atoms with E-state index in [0.717, 1.165) is 24.2 Å². The lowest BCUT2D eigenvalue weighted by atomic mass is 10.2. The fraction of sp³-hybridized carbons (Fsp3) is 0.400. The predicted molar refractivity (Wildman–Crippen MR) is 55.7 cm³/mol. The smallest absolute Gasteiger partial charge is 0.255 e. The summed E-state index contributed by atoms with van der Waals surface area (Å²) in [6, 6.07) is 0. The minimum absolute atomic E-state index is 0.585. The van der Waals surface area contributed by atoms with E-state index in [1.165, 1.54) is 0 Å². The fourth-order valence-electron chi connectivity index (χ4n) is 1.42. The summed E-state index contributed by atoms with van der Waals surface area (Å²) in [5.41, 5.74) is 1.98. The van der Waals surface area contributed by atoms with Gasteiger partial charge in [-0.3, -0.25) is 4.57 Å². The zero-order valence-electron chi connectivity index (χ0n) is 8.88. The van der Waals surface area contributed by atoms with Crippen LogP contribution in [0.5, 0.6) is 0 Å². The van der Waals surface area contributed by atoms with Gasteiger partial charge in [-0.25, -0.2) is 9.97 Å². The Hall–Kier alpha value is -1.78. The summed E-state index contributed by atoms with van der Waals surface area (Å²) in [5.74, 6) is 0.585. The van der Waals surface area contributed by atoms with Crippen molar-refractivity contribution < 1.29 is 0 Å². The maximum atomic E-state index is 4.45. The standard InChI is InChI=1S/C10H13N5/c1-3-8-9(4-2)13-14-10(12-8)15-6-5-11-7-15/h5-7H,3-4H2,1-2H3. The lowest BCUT2D eigenvalue weighted by molar-refractivity contribution is 0.773. The normalized spacial score (nSPS) is 10.5. The lowest BCUT2D eigenvalue weighted by Gasteiger charge is -2.05. The number of nitrogens with zero attached hydrogens (tertiary/aromatic N) is 5. The van der Waals surface area contributed by atoms with E-state index in [-0.39, 0.29) is 0 Å². The molecule has 2 aromatic heterocycles. The predicted octanol–water partition coefficient (Wildman–Crippen LogP) is 1.18. The van der Waals surface area contributed by atoms with Crippen molar-refractivity contribution in [3.63, 3.8) is 0 Å². The first-order valence-electron chi connectivity index (χ1n) is 5.06. The molecule has 5 nitrogen and oxygen atoms in total. The van der Waals surface area contributed by atoms with Crippen LogP contribution in [0.15, 0.2) is 18.7 Å². The van der Waals surface area contributed by atoms with Gasteiger partial charge in [0.2, 0.25) is 0 Å². The third kappa shape index (κ3) is 1.86. The van der Waals surface area contributed by atoms with E-state index in [0.29, 0.717) is 5.95 Å². The first-order valence-corrected chi connectivity index (χ1v) is 5.06. The molecule has 0 aliphatic rings. The van der Waals surface area contributed by atoms with Crippen molar-refractivity contribution in [1.82, 2.24) is 24.7 Å². The number of hydrogen-bond donors (Lipinski definition) is 0. The van der Waals surface area contributed by atoms with Gasteiger partial charge in [-0.15, -0.1) is 10.2 Å². The Morgan fingerprint density at radius 2 is 1.93 bits per heavy atom. The molecule has 2 rings (SSSR count). The summed E-state index contributed by atoms with van der Waals surface area (Å²) in [6.07, 6.45) is 6.92. The maximum Gasteiger partial charge on any atom is 0.255 e. The van der Waals surface area contributed by atoms with Crippen LogP contribution in [0.4, 0.5) is 0 Å². The van der Waals surface area contributed by atoms with Gasteiger partial charge >= 0.3 is 0 Å². The van der Waals surface area contributed by atoms with Gasteiger partial charge in [0.05, 0.1) is 11.4 Å². The highest BCUT2D eigenvalue weighted by Crippen LogP contribution is 2.06. The van der Waals surface area contributed by atoms with Crippen molar-refractivity contribution in [2.45, 2.75) is 26.7 Å². The van der Waals surface area contributed by atoms with Gasteiger partial charge in [0.15, 0.2) is 0 Å². The van der Waals surface area contributed by atoms with Crippen LogP contribution in [0.2, 0.25) is 0 Å². The Morgan fingerprint density at radius 1 is 1.13 bits per heavy atom. The van der Waals surface area contributed by atoms with Gasteiger partial charge in [-0.1, -0.05) is 13.8 Å². The fourth-order valence-corrected chi connectivity index (χ4v) is 1.42. The van der Waals surface area contributed by atoms with E-state index in [4.69, 9.17) is 0 Å². The number of aryl methyl sites for hydroxylation is 2. The molecule has 2 aromatic rings. The Labute approximate surface area is 88.2 Å². The minimum Gasteiger partial charge on any atom is -0.273 e. The van der Waals surface area contributed by atoms with Crippen LogP contribution in [0.1, 0.15) is 25.2 Å². The second kappa shape index (κ2) is 4.16. The van der Waals surface area contributed by atoms with Gasteiger partial charge in [-0.2, -0.15) is 0 Å². The average Bonchev–Trinajstić information content (AvgIpc) is 2.81. The van der Waals surface area contributed by atoms with Crippen molar-refractivity contribution in [3.8, 4) is 5.95 Å². The van der Waals surface area contributed by atoms with Crippen LogP contribution < -0.4 is 0 Å². The number of aromatic nitrogens is 5. The van der Waals surface area contributed by atoms with Gasteiger partial charge in [0, 0.05) is 12.4 Å². The first kappa shape index (κ1) is 9.76. The molecule has 15 heavy (non-hydrogen) atoms. The van der Waals surface area contributed by atoms with E-state index in [1.54, 1.807) is 17.1 Å². The molecule has 0 aromatic carbocycles. The second-order valence-electron chi connectivity index (χ2n) is 3.18. The summed E-state index contributed by atoms with van der Waals surface area (Å²) >= 11 is 0. The molecule has 0 aliphatic carbocycles. The summed E-state index contributed by atoms with van der Waals surface area (Å²) < 4.78 is 1.76. The summed E-state index contributed by atoms with van der Waals surface area (Å²) in [6.45, 7) is 4.13. The quantitative estimate of drug-likeness (QED) is 0.751. The molecule has 0 saturated heterocycles. The second-order valence-corrected chi connectivity index (χ2v) is 3.18. The van der Waals surface area contributed by atoms with Crippen molar-refractivity contribution in [1.29, 1.82) is 0 Å². The maximum absolute atomic E-state index is 4.45. The molecule has 78 valence electrons. The van der Waals surface area contributed by atoms with Gasteiger partial charge in [-0.05, 0) is 12.8 Å². The van der Waals surface area contributed by atoms with E-state index in [1.807, 2.05) is 6.20 Å². The molecule has 5 heteroatoms. The SMILES string of the molecule is CCc1nnc(-n2ccnc2)nc1CC. The van der Waals surface area contributed by atoms with E-state index >= 15 is 0 Å². The molecule has 2 heterocycles. The molecule has 0 bridgehead atoms. The van der Waals surface area contributed by atoms with Gasteiger partial charge in [0.1, 0.15) is 6.33 Å². The molecule has 0 unspecified atom stereocenters. The van der Waals surface area contributed by atoms with Crippen LogP contribution in [-0.4, -0.2) is 24.7 Å². The highest BCUT2D eigenvalue weighted by molar-refractivity contribution is 5.16. The summed E-state index contributed by atoms with van der Waals surface area (Å²) in [4.78, 5) is 8.41. The zero-order valence-corrected chi connectivity index (χ0v) is 8.88. The summed E-state index contributed by atoms with van der Waals surface area (Å²) in [7, 11) is 0. The van der Waals surface area contributed by atoms with Crippen LogP contribution in [0, 0.1) is 0 Å². The van der Waals surface area contributed by atoms with Crippen molar-refractivity contribution in [3.05, 3.63) is 30.1 Å². The monoisotopic (exact) mass is 203 g/mol. The Bertz CT molecular complexity index is 435. The minimum atomic E-state index is 0.585. The molecule has 0 fully saturated rings. The van der Waals surface area contributed by atoms with Crippen LogP contribution >= 0.6 is 0 Å². The Morgan fingerprint density at radius 3 is 2.53 bits per heavy atom. The number of hydrogen-bond acceptors (Lipinski definition) is 4. The average molecular weight is 203 g/mol. The lowest BCUT2D eigenvalue weighted by Crippen LogP contribution is -2.08. The van der Waals surface area contributed by atoms with E-state index < -0.39 is 0 Å². The van der Waals surface area contributed by atoms with Crippen molar-refractivity contribution >= 4 is 0 Å². The molecule has 0 radical (unpaired) electrons. The highest BCUT2D eigenvalue weighted by Gasteiger charge is 2.06. The third-order valence-electron chi connectivity index (χ3n) is 2.23. The first-order chi connectivity index (χ1) is 7.35. The highest BCUT2D eigenvalue weighted by atomic mass is 15.3. The summed E-state index contributed by atoms with van der Waals surface area (Å²) in [5, 5.41) is 8.23. The largest absolute Gasteiger partial charge is 0.273 e. The molecule has 0 aliphatic heterocycles. The van der Waals surface area contributed by atoms with Crippen LogP contribution in [0.25, 0.3) is 5.95 Å². The molecule has 0 atom stereocenters. The molecule has 0 N–H and O–H groups in total. The Kier molecular flexibility index (Phi) is 2.71. The van der Waals surface area contributed by atoms with E-state index in [2.05, 4.69) is 34.0 Å². The third-order valence-corrected chi connectivity index (χ3v) is 2.23. The molecule has 0 saturated carbocycles.